The van der Waals surface area contributed by atoms with Crippen LogP contribution in [0.15, 0.2) is 60.7 Å². The highest BCUT2D eigenvalue weighted by Gasteiger charge is 2.02. The van der Waals surface area contributed by atoms with E-state index in [1.165, 1.54) is 16.3 Å². The van der Waals surface area contributed by atoms with Crippen molar-refractivity contribution in [3.63, 3.8) is 0 Å². The van der Waals surface area contributed by atoms with Crippen LogP contribution in [0, 0.1) is 0 Å². The molecule has 0 unspecified atom stereocenters. The molecule has 3 rings (SSSR count). The predicted molar refractivity (Wildman–Crippen MR) is 113 cm³/mol. The maximum atomic E-state index is 8.60. The molecule has 3 aromatic carbocycles. The number of hydrogen-bond acceptors (Lipinski definition) is 5. The summed E-state index contributed by atoms with van der Waals surface area (Å²) in [6.45, 7) is 2.36. The summed E-state index contributed by atoms with van der Waals surface area (Å²) in [4.78, 5) is 0. The summed E-state index contributed by atoms with van der Waals surface area (Å²) in [5.41, 5.74) is 3.45. The third-order valence-electron chi connectivity index (χ3n) is 4.42. The largest absolute Gasteiger partial charge is 0.491 e. The SMILES string of the molecule is CNc1ccc2cc(-c3ccc(OCCOCCOCCO)cc3)ccc2c1. The van der Waals surface area contributed by atoms with Crippen molar-refractivity contribution in [2.75, 3.05) is 52.0 Å². The van der Waals surface area contributed by atoms with Gasteiger partial charge in [-0.2, -0.15) is 0 Å². The molecule has 28 heavy (non-hydrogen) atoms. The third-order valence-corrected chi connectivity index (χ3v) is 4.42. The van der Waals surface area contributed by atoms with E-state index in [-0.39, 0.29) is 6.61 Å². The number of ether oxygens (including phenoxy) is 3. The van der Waals surface area contributed by atoms with Crippen molar-refractivity contribution in [1.82, 2.24) is 0 Å². The van der Waals surface area contributed by atoms with Gasteiger partial charge in [-0.05, 0) is 52.2 Å². The Kier molecular flexibility index (Phi) is 7.67. The second-order valence-corrected chi connectivity index (χ2v) is 6.35. The lowest BCUT2D eigenvalue weighted by Crippen LogP contribution is -2.11. The predicted octanol–water partition coefficient (Wildman–Crippen LogP) is 3.95. The van der Waals surface area contributed by atoms with Gasteiger partial charge in [0.25, 0.3) is 0 Å². The molecule has 0 amide bonds. The van der Waals surface area contributed by atoms with Crippen molar-refractivity contribution in [3.8, 4) is 16.9 Å². The first kappa shape index (κ1) is 20.1. The van der Waals surface area contributed by atoms with E-state index in [0.29, 0.717) is 33.0 Å². The first-order valence-electron chi connectivity index (χ1n) is 9.51. The number of nitrogens with one attached hydrogen (secondary N) is 1. The van der Waals surface area contributed by atoms with Crippen LogP contribution >= 0.6 is 0 Å². The Morgan fingerprint density at radius 1 is 0.714 bits per heavy atom. The molecule has 0 bridgehead atoms. The molecular formula is C23H27NO4. The minimum Gasteiger partial charge on any atom is -0.491 e. The van der Waals surface area contributed by atoms with E-state index in [1.807, 2.05) is 19.2 Å². The molecule has 5 heteroatoms. The lowest BCUT2D eigenvalue weighted by atomic mass is 10.0. The molecule has 0 radical (unpaired) electrons. The Morgan fingerprint density at radius 3 is 2.11 bits per heavy atom. The van der Waals surface area contributed by atoms with Gasteiger partial charge in [0.2, 0.25) is 0 Å². The van der Waals surface area contributed by atoms with Crippen LogP contribution < -0.4 is 10.1 Å². The van der Waals surface area contributed by atoms with E-state index in [4.69, 9.17) is 19.3 Å². The zero-order valence-corrected chi connectivity index (χ0v) is 16.2. The van der Waals surface area contributed by atoms with Gasteiger partial charge < -0.3 is 24.6 Å². The fourth-order valence-electron chi connectivity index (χ4n) is 2.93. The minimum absolute atomic E-state index is 0.0373. The van der Waals surface area contributed by atoms with Gasteiger partial charge in [-0.3, -0.25) is 0 Å². The van der Waals surface area contributed by atoms with Crippen LogP contribution in [-0.4, -0.2) is 51.8 Å². The van der Waals surface area contributed by atoms with Gasteiger partial charge in [0.15, 0.2) is 0 Å². The first-order valence-corrected chi connectivity index (χ1v) is 9.51. The number of benzene rings is 3. The number of rotatable bonds is 11. The zero-order chi connectivity index (χ0) is 19.6. The lowest BCUT2D eigenvalue weighted by molar-refractivity contribution is 0.0247. The van der Waals surface area contributed by atoms with E-state index >= 15 is 0 Å². The van der Waals surface area contributed by atoms with Gasteiger partial charge >= 0.3 is 0 Å². The van der Waals surface area contributed by atoms with Gasteiger partial charge in [-0.25, -0.2) is 0 Å². The fourth-order valence-corrected chi connectivity index (χ4v) is 2.93. The summed E-state index contributed by atoms with van der Waals surface area (Å²) in [5.74, 6) is 0.823. The van der Waals surface area contributed by atoms with Crippen LogP contribution in [0.1, 0.15) is 0 Å². The summed E-state index contributed by atoms with van der Waals surface area (Å²) in [6.07, 6.45) is 0. The maximum absolute atomic E-state index is 8.60. The smallest absolute Gasteiger partial charge is 0.119 e. The Morgan fingerprint density at radius 2 is 1.36 bits per heavy atom. The highest BCUT2D eigenvalue weighted by molar-refractivity contribution is 5.89. The molecule has 0 spiro atoms. The van der Waals surface area contributed by atoms with Crippen LogP contribution in [0.3, 0.4) is 0 Å². The van der Waals surface area contributed by atoms with Crippen molar-refractivity contribution < 1.29 is 19.3 Å². The molecule has 0 saturated heterocycles. The number of aliphatic hydroxyl groups is 1. The van der Waals surface area contributed by atoms with Crippen LogP contribution in [-0.2, 0) is 9.47 Å². The first-order chi connectivity index (χ1) is 13.8. The van der Waals surface area contributed by atoms with Crippen molar-refractivity contribution in [2.24, 2.45) is 0 Å². The van der Waals surface area contributed by atoms with Crippen LogP contribution in [0.4, 0.5) is 5.69 Å². The molecule has 0 atom stereocenters. The quantitative estimate of drug-likeness (QED) is 0.493. The number of anilines is 1. The lowest BCUT2D eigenvalue weighted by Gasteiger charge is -2.09. The van der Waals surface area contributed by atoms with E-state index in [9.17, 15) is 0 Å². The average molecular weight is 381 g/mol. The van der Waals surface area contributed by atoms with Crippen molar-refractivity contribution in [1.29, 1.82) is 0 Å². The van der Waals surface area contributed by atoms with Gasteiger partial charge in [-0.15, -0.1) is 0 Å². The normalized spacial score (nSPS) is 10.9. The van der Waals surface area contributed by atoms with E-state index < -0.39 is 0 Å². The monoisotopic (exact) mass is 381 g/mol. The molecule has 0 aliphatic heterocycles. The summed E-state index contributed by atoms with van der Waals surface area (Å²) >= 11 is 0. The van der Waals surface area contributed by atoms with Gasteiger partial charge in [0.1, 0.15) is 12.4 Å². The van der Waals surface area contributed by atoms with Crippen molar-refractivity contribution in [2.45, 2.75) is 0 Å². The van der Waals surface area contributed by atoms with E-state index in [2.05, 4.69) is 53.8 Å². The second kappa shape index (κ2) is 10.7. The van der Waals surface area contributed by atoms with Crippen LogP contribution in [0.5, 0.6) is 5.75 Å². The van der Waals surface area contributed by atoms with Crippen LogP contribution in [0.25, 0.3) is 21.9 Å². The standard InChI is InChI=1S/C23H27NO4/c1-24-22-7-4-20-16-19(2-3-21(20)17-22)18-5-8-23(9-6-18)28-15-14-27-13-12-26-11-10-25/h2-9,16-17,24-25H,10-15H2,1H3. The molecule has 0 heterocycles. The molecule has 0 aromatic heterocycles. The topological polar surface area (TPSA) is 60.0 Å². The Labute approximate surface area is 165 Å². The van der Waals surface area contributed by atoms with E-state index in [0.717, 1.165) is 17.0 Å². The molecule has 5 nitrogen and oxygen atoms in total. The van der Waals surface area contributed by atoms with Crippen LogP contribution in [0.2, 0.25) is 0 Å². The summed E-state index contributed by atoms with van der Waals surface area (Å²) in [7, 11) is 1.93. The highest BCUT2D eigenvalue weighted by atomic mass is 16.5. The highest BCUT2D eigenvalue weighted by Crippen LogP contribution is 2.27. The minimum atomic E-state index is 0.0373. The molecule has 0 aliphatic rings. The van der Waals surface area contributed by atoms with Crippen molar-refractivity contribution in [3.05, 3.63) is 60.7 Å². The zero-order valence-electron chi connectivity index (χ0n) is 16.2. The molecular weight excluding hydrogens is 354 g/mol. The molecule has 0 fully saturated rings. The fraction of sp³-hybridized carbons (Fsp3) is 0.304. The average Bonchev–Trinajstić information content (AvgIpc) is 2.75. The summed E-state index contributed by atoms with van der Waals surface area (Å²) in [5, 5.41) is 14.2. The van der Waals surface area contributed by atoms with E-state index in [1.54, 1.807) is 0 Å². The molecule has 0 saturated carbocycles. The van der Waals surface area contributed by atoms with Crippen molar-refractivity contribution >= 4 is 16.5 Å². The summed E-state index contributed by atoms with van der Waals surface area (Å²) in [6, 6.07) is 21.0. The number of fused-ring (bicyclic) bond motifs is 1. The maximum Gasteiger partial charge on any atom is 0.119 e. The molecule has 148 valence electrons. The second-order valence-electron chi connectivity index (χ2n) is 6.35. The summed E-state index contributed by atoms with van der Waals surface area (Å²) < 4.78 is 16.2. The Hall–Kier alpha value is -2.60. The molecule has 2 N–H and O–H groups in total. The van der Waals surface area contributed by atoms with Gasteiger partial charge in [-0.1, -0.05) is 30.3 Å². The van der Waals surface area contributed by atoms with Gasteiger partial charge in [0, 0.05) is 12.7 Å². The Balaban J connectivity index is 1.50. The number of aliphatic hydroxyl groups excluding tert-OH is 1. The third kappa shape index (κ3) is 5.70. The number of hydrogen-bond donors (Lipinski definition) is 2. The Bertz CT molecular complexity index is 864. The molecule has 0 aliphatic carbocycles. The molecule has 3 aromatic rings. The van der Waals surface area contributed by atoms with Gasteiger partial charge in [0.05, 0.1) is 33.0 Å².